The van der Waals surface area contributed by atoms with Crippen molar-refractivity contribution in [2.75, 3.05) is 6.54 Å². The van der Waals surface area contributed by atoms with Crippen molar-refractivity contribution in [1.82, 2.24) is 9.78 Å². The Morgan fingerprint density at radius 1 is 1.57 bits per heavy atom. The molecule has 0 amide bonds. The SMILES string of the molecule is CC(C)Cn1ccc([C@H](O)CCN)n1. The van der Waals surface area contributed by atoms with Crippen LogP contribution in [0.3, 0.4) is 0 Å². The smallest absolute Gasteiger partial charge is 0.0990 e. The molecule has 80 valence electrons. The molecule has 1 atom stereocenters. The number of rotatable bonds is 5. The molecule has 1 aromatic rings. The summed E-state index contributed by atoms with van der Waals surface area (Å²) in [6.07, 6.45) is 1.95. The number of aliphatic hydroxyl groups excluding tert-OH is 1. The number of nitrogens with two attached hydrogens (primary N) is 1. The second kappa shape index (κ2) is 5.12. The predicted molar refractivity (Wildman–Crippen MR) is 55.7 cm³/mol. The van der Waals surface area contributed by atoms with Crippen LogP contribution in [0.1, 0.15) is 32.1 Å². The lowest BCUT2D eigenvalue weighted by molar-refractivity contribution is 0.164. The van der Waals surface area contributed by atoms with Gasteiger partial charge in [0.25, 0.3) is 0 Å². The van der Waals surface area contributed by atoms with Gasteiger partial charge in [-0.25, -0.2) is 0 Å². The van der Waals surface area contributed by atoms with E-state index in [0.29, 0.717) is 18.9 Å². The molecular formula is C10H19N3O. The second-order valence-corrected chi connectivity index (χ2v) is 3.95. The molecule has 0 saturated carbocycles. The first-order valence-corrected chi connectivity index (χ1v) is 5.05. The van der Waals surface area contributed by atoms with Gasteiger partial charge in [0.2, 0.25) is 0 Å². The summed E-state index contributed by atoms with van der Waals surface area (Å²) < 4.78 is 1.86. The Balaban J connectivity index is 2.58. The van der Waals surface area contributed by atoms with Crippen molar-refractivity contribution in [3.05, 3.63) is 18.0 Å². The lowest BCUT2D eigenvalue weighted by atomic mass is 10.2. The average molecular weight is 197 g/mol. The fourth-order valence-electron chi connectivity index (χ4n) is 1.34. The van der Waals surface area contributed by atoms with Gasteiger partial charge in [-0.05, 0) is 24.9 Å². The molecule has 1 aromatic heterocycles. The first kappa shape index (κ1) is 11.2. The van der Waals surface area contributed by atoms with Crippen LogP contribution in [0.4, 0.5) is 0 Å². The minimum atomic E-state index is -0.520. The molecule has 4 heteroatoms. The maximum atomic E-state index is 9.61. The maximum absolute atomic E-state index is 9.61. The third kappa shape index (κ3) is 3.12. The van der Waals surface area contributed by atoms with Crippen molar-refractivity contribution in [2.24, 2.45) is 11.7 Å². The minimum absolute atomic E-state index is 0.484. The van der Waals surface area contributed by atoms with Crippen molar-refractivity contribution >= 4 is 0 Å². The Morgan fingerprint density at radius 2 is 2.29 bits per heavy atom. The van der Waals surface area contributed by atoms with Gasteiger partial charge in [-0.1, -0.05) is 13.8 Å². The summed E-state index contributed by atoms with van der Waals surface area (Å²) in [6, 6.07) is 1.85. The fraction of sp³-hybridized carbons (Fsp3) is 0.700. The fourth-order valence-corrected chi connectivity index (χ4v) is 1.34. The van der Waals surface area contributed by atoms with E-state index in [-0.39, 0.29) is 0 Å². The van der Waals surface area contributed by atoms with Crippen LogP contribution in [0.5, 0.6) is 0 Å². The molecule has 0 radical (unpaired) electrons. The average Bonchev–Trinajstić information content (AvgIpc) is 2.52. The normalized spacial score (nSPS) is 13.5. The van der Waals surface area contributed by atoms with Crippen molar-refractivity contribution in [3.8, 4) is 0 Å². The van der Waals surface area contributed by atoms with E-state index in [1.165, 1.54) is 0 Å². The molecule has 0 spiro atoms. The molecule has 14 heavy (non-hydrogen) atoms. The Morgan fingerprint density at radius 3 is 2.86 bits per heavy atom. The highest BCUT2D eigenvalue weighted by Gasteiger charge is 2.09. The summed E-state index contributed by atoms with van der Waals surface area (Å²) in [5.41, 5.74) is 6.08. The summed E-state index contributed by atoms with van der Waals surface area (Å²) in [6.45, 7) is 5.64. The Kier molecular flexibility index (Phi) is 4.10. The van der Waals surface area contributed by atoms with Crippen molar-refractivity contribution in [2.45, 2.75) is 32.9 Å². The van der Waals surface area contributed by atoms with Gasteiger partial charge in [0.15, 0.2) is 0 Å². The van der Waals surface area contributed by atoms with E-state index >= 15 is 0 Å². The van der Waals surface area contributed by atoms with Crippen LogP contribution in [0.25, 0.3) is 0 Å². The molecule has 0 aromatic carbocycles. The summed E-state index contributed by atoms with van der Waals surface area (Å²) in [5, 5.41) is 13.9. The molecule has 1 rings (SSSR count). The molecule has 0 bridgehead atoms. The topological polar surface area (TPSA) is 64.1 Å². The number of aliphatic hydroxyl groups is 1. The van der Waals surface area contributed by atoms with Crippen LogP contribution in [0.15, 0.2) is 12.3 Å². The van der Waals surface area contributed by atoms with Gasteiger partial charge in [0.05, 0.1) is 11.8 Å². The Hall–Kier alpha value is -0.870. The summed E-state index contributed by atoms with van der Waals surface area (Å²) in [7, 11) is 0. The van der Waals surface area contributed by atoms with E-state index in [9.17, 15) is 5.11 Å². The molecule has 0 aliphatic rings. The molecular weight excluding hydrogens is 178 g/mol. The van der Waals surface area contributed by atoms with Gasteiger partial charge in [-0.15, -0.1) is 0 Å². The highest BCUT2D eigenvalue weighted by atomic mass is 16.3. The van der Waals surface area contributed by atoms with E-state index in [4.69, 9.17) is 5.73 Å². The third-order valence-electron chi connectivity index (χ3n) is 2.00. The van der Waals surface area contributed by atoms with Gasteiger partial charge >= 0.3 is 0 Å². The molecule has 3 N–H and O–H groups in total. The van der Waals surface area contributed by atoms with Crippen molar-refractivity contribution < 1.29 is 5.11 Å². The van der Waals surface area contributed by atoms with E-state index < -0.39 is 6.10 Å². The minimum Gasteiger partial charge on any atom is -0.387 e. The number of hydrogen-bond donors (Lipinski definition) is 2. The molecule has 0 saturated heterocycles. The van der Waals surface area contributed by atoms with Crippen LogP contribution in [-0.4, -0.2) is 21.4 Å². The van der Waals surface area contributed by atoms with Gasteiger partial charge in [-0.2, -0.15) is 5.10 Å². The summed E-state index contributed by atoms with van der Waals surface area (Å²) >= 11 is 0. The van der Waals surface area contributed by atoms with Crippen LogP contribution in [0.2, 0.25) is 0 Å². The summed E-state index contributed by atoms with van der Waals surface area (Å²) in [5.74, 6) is 0.564. The van der Waals surface area contributed by atoms with Gasteiger partial charge in [0, 0.05) is 12.7 Å². The number of aromatic nitrogens is 2. The Bertz CT molecular complexity index is 270. The highest BCUT2D eigenvalue weighted by molar-refractivity contribution is 5.02. The first-order valence-electron chi connectivity index (χ1n) is 5.05. The van der Waals surface area contributed by atoms with Gasteiger partial charge in [0.1, 0.15) is 0 Å². The largest absolute Gasteiger partial charge is 0.387 e. The standard InChI is InChI=1S/C10H19N3O/c1-8(2)7-13-6-4-9(12-13)10(14)3-5-11/h4,6,8,10,14H,3,5,7,11H2,1-2H3/t10-/m1/s1. The molecule has 4 nitrogen and oxygen atoms in total. The van der Waals surface area contributed by atoms with Crippen molar-refractivity contribution in [3.63, 3.8) is 0 Å². The monoisotopic (exact) mass is 197 g/mol. The predicted octanol–water partition coefficient (Wildman–Crippen LogP) is 0.921. The zero-order valence-corrected chi connectivity index (χ0v) is 8.85. The second-order valence-electron chi connectivity index (χ2n) is 3.95. The lowest BCUT2D eigenvalue weighted by Gasteiger charge is -2.06. The van der Waals surface area contributed by atoms with Crippen LogP contribution >= 0.6 is 0 Å². The number of nitrogens with zero attached hydrogens (tertiary/aromatic N) is 2. The van der Waals surface area contributed by atoms with Crippen molar-refractivity contribution in [1.29, 1.82) is 0 Å². The van der Waals surface area contributed by atoms with Crippen LogP contribution < -0.4 is 5.73 Å². The molecule has 0 aliphatic heterocycles. The molecule has 1 heterocycles. The lowest BCUT2D eigenvalue weighted by Crippen LogP contribution is -2.09. The molecule has 0 aliphatic carbocycles. The third-order valence-corrected chi connectivity index (χ3v) is 2.00. The van der Waals surface area contributed by atoms with E-state index in [1.807, 2.05) is 16.9 Å². The summed E-state index contributed by atoms with van der Waals surface area (Å²) in [4.78, 5) is 0. The highest BCUT2D eigenvalue weighted by Crippen LogP contribution is 2.13. The Labute approximate surface area is 84.7 Å². The van der Waals surface area contributed by atoms with E-state index in [1.54, 1.807) is 0 Å². The van der Waals surface area contributed by atoms with Crippen LogP contribution in [-0.2, 0) is 6.54 Å². The number of hydrogen-bond acceptors (Lipinski definition) is 3. The quantitative estimate of drug-likeness (QED) is 0.737. The van der Waals surface area contributed by atoms with Crippen LogP contribution in [0, 0.1) is 5.92 Å². The zero-order valence-electron chi connectivity index (χ0n) is 8.85. The van der Waals surface area contributed by atoms with Gasteiger partial charge in [-0.3, -0.25) is 4.68 Å². The zero-order chi connectivity index (χ0) is 10.6. The first-order chi connectivity index (χ1) is 6.63. The van der Waals surface area contributed by atoms with E-state index in [0.717, 1.165) is 12.2 Å². The molecule has 0 unspecified atom stereocenters. The molecule has 0 fully saturated rings. The van der Waals surface area contributed by atoms with Gasteiger partial charge < -0.3 is 10.8 Å². The maximum Gasteiger partial charge on any atom is 0.0990 e. The van der Waals surface area contributed by atoms with E-state index in [2.05, 4.69) is 18.9 Å².